The Morgan fingerprint density at radius 1 is 1.32 bits per heavy atom. The number of hydrogen-bond acceptors (Lipinski definition) is 5. The lowest BCUT2D eigenvalue weighted by Crippen LogP contribution is -2.48. The van der Waals surface area contributed by atoms with E-state index in [1.165, 1.54) is 0 Å². The van der Waals surface area contributed by atoms with E-state index in [0.29, 0.717) is 19.4 Å². The highest BCUT2D eigenvalue weighted by Crippen LogP contribution is 2.23. The Bertz CT molecular complexity index is 426. The molecule has 1 heterocycles. The van der Waals surface area contributed by atoms with E-state index in [4.69, 9.17) is 8.92 Å². The van der Waals surface area contributed by atoms with Gasteiger partial charge in [-0.3, -0.25) is 4.18 Å². The van der Waals surface area contributed by atoms with Crippen molar-refractivity contribution in [3.05, 3.63) is 0 Å². The SMILES string of the molecule is C[C@@H]1C[C@H](OS(C)(=O)=O)CCN1C(=O)OC(C)(C)C. The molecular formula is C12H23NO5S. The van der Waals surface area contributed by atoms with Crippen molar-refractivity contribution in [2.24, 2.45) is 0 Å². The van der Waals surface area contributed by atoms with E-state index in [1.54, 1.807) is 4.90 Å². The molecule has 0 N–H and O–H groups in total. The summed E-state index contributed by atoms with van der Waals surface area (Å²) >= 11 is 0. The van der Waals surface area contributed by atoms with Crippen molar-refractivity contribution in [2.75, 3.05) is 12.8 Å². The van der Waals surface area contributed by atoms with Crippen molar-refractivity contribution in [3.63, 3.8) is 0 Å². The van der Waals surface area contributed by atoms with Gasteiger partial charge in [0.2, 0.25) is 0 Å². The number of amides is 1. The standard InChI is InChI=1S/C12H23NO5S/c1-9-8-10(18-19(5,15)16)6-7-13(9)11(14)17-12(2,3)4/h9-10H,6-8H2,1-5H3/t9-,10-/m1/s1. The maximum atomic E-state index is 12.0. The smallest absolute Gasteiger partial charge is 0.410 e. The van der Waals surface area contributed by atoms with E-state index < -0.39 is 15.7 Å². The number of hydrogen-bond donors (Lipinski definition) is 0. The highest BCUT2D eigenvalue weighted by Gasteiger charge is 2.33. The van der Waals surface area contributed by atoms with Gasteiger partial charge in [-0.15, -0.1) is 0 Å². The largest absolute Gasteiger partial charge is 0.444 e. The van der Waals surface area contributed by atoms with Gasteiger partial charge < -0.3 is 9.64 Å². The predicted molar refractivity (Wildman–Crippen MR) is 71.4 cm³/mol. The molecule has 1 aliphatic heterocycles. The minimum atomic E-state index is -3.45. The number of carbonyl (C=O) groups is 1. The van der Waals surface area contributed by atoms with Gasteiger partial charge in [-0.1, -0.05) is 0 Å². The van der Waals surface area contributed by atoms with Gasteiger partial charge >= 0.3 is 6.09 Å². The van der Waals surface area contributed by atoms with Gasteiger partial charge in [0.25, 0.3) is 10.1 Å². The Morgan fingerprint density at radius 3 is 2.32 bits per heavy atom. The van der Waals surface area contributed by atoms with Crippen LogP contribution in [0.4, 0.5) is 4.79 Å². The van der Waals surface area contributed by atoms with E-state index in [2.05, 4.69) is 0 Å². The molecule has 0 aromatic heterocycles. The van der Waals surface area contributed by atoms with Crippen LogP contribution in [0.1, 0.15) is 40.5 Å². The maximum absolute atomic E-state index is 12.0. The summed E-state index contributed by atoms with van der Waals surface area (Å²) in [7, 11) is -3.45. The first-order chi connectivity index (χ1) is 8.48. The summed E-state index contributed by atoms with van der Waals surface area (Å²) in [4.78, 5) is 13.6. The molecule has 6 nitrogen and oxygen atoms in total. The number of ether oxygens (including phenoxy) is 1. The van der Waals surface area contributed by atoms with Crippen molar-refractivity contribution < 1.29 is 22.1 Å². The fraction of sp³-hybridized carbons (Fsp3) is 0.917. The lowest BCUT2D eigenvalue weighted by atomic mass is 10.0. The number of carbonyl (C=O) groups excluding carboxylic acids is 1. The second kappa shape index (κ2) is 5.66. The van der Waals surface area contributed by atoms with E-state index in [0.717, 1.165) is 6.26 Å². The van der Waals surface area contributed by atoms with Crippen molar-refractivity contribution in [1.29, 1.82) is 0 Å². The summed E-state index contributed by atoms with van der Waals surface area (Å²) in [5.74, 6) is 0. The maximum Gasteiger partial charge on any atom is 0.410 e. The molecule has 1 rings (SSSR count). The fourth-order valence-electron chi connectivity index (χ4n) is 2.06. The zero-order valence-electron chi connectivity index (χ0n) is 12.2. The van der Waals surface area contributed by atoms with E-state index in [9.17, 15) is 13.2 Å². The highest BCUT2D eigenvalue weighted by molar-refractivity contribution is 7.86. The average Bonchev–Trinajstić information content (AvgIpc) is 2.11. The molecule has 0 aliphatic carbocycles. The van der Waals surface area contributed by atoms with Gasteiger partial charge in [0, 0.05) is 12.6 Å². The monoisotopic (exact) mass is 293 g/mol. The van der Waals surface area contributed by atoms with E-state index >= 15 is 0 Å². The summed E-state index contributed by atoms with van der Waals surface area (Å²) in [5.41, 5.74) is -0.531. The third kappa shape index (κ3) is 5.78. The zero-order valence-corrected chi connectivity index (χ0v) is 13.0. The van der Waals surface area contributed by atoms with Gasteiger partial charge in [0.05, 0.1) is 12.4 Å². The Hall–Kier alpha value is -0.820. The van der Waals surface area contributed by atoms with Gasteiger partial charge in [-0.25, -0.2) is 4.79 Å². The van der Waals surface area contributed by atoms with Crippen molar-refractivity contribution >= 4 is 16.2 Å². The molecule has 112 valence electrons. The molecule has 1 fully saturated rings. The van der Waals surface area contributed by atoms with Crippen LogP contribution in [0.2, 0.25) is 0 Å². The van der Waals surface area contributed by atoms with Crippen molar-refractivity contribution in [1.82, 2.24) is 4.90 Å². The van der Waals surface area contributed by atoms with Crippen LogP contribution in [0.25, 0.3) is 0 Å². The predicted octanol–water partition coefficient (Wildman–Crippen LogP) is 1.75. The Morgan fingerprint density at radius 2 is 1.89 bits per heavy atom. The third-order valence-electron chi connectivity index (χ3n) is 2.77. The van der Waals surface area contributed by atoms with Crippen LogP contribution in [-0.2, 0) is 19.0 Å². The normalized spacial score (nSPS) is 25.2. The molecule has 0 bridgehead atoms. The molecule has 0 spiro atoms. The Kier molecular flexibility index (Phi) is 4.84. The lowest BCUT2D eigenvalue weighted by molar-refractivity contribution is -0.0000352. The van der Waals surface area contributed by atoms with Crippen molar-refractivity contribution in [2.45, 2.75) is 58.3 Å². The molecule has 0 aromatic carbocycles. The number of likely N-dealkylation sites (tertiary alicyclic amines) is 1. The molecule has 1 aliphatic rings. The second-order valence-electron chi connectivity index (χ2n) is 5.97. The minimum Gasteiger partial charge on any atom is -0.444 e. The van der Waals surface area contributed by atoms with Crippen LogP contribution in [-0.4, -0.2) is 50.0 Å². The van der Waals surface area contributed by atoms with E-state index in [1.807, 2.05) is 27.7 Å². The molecule has 0 aromatic rings. The number of piperidine rings is 1. The van der Waals surface area contributed by atoms with E-state index in [-0.39, 0.29) is 18.2 Å². The molecule has 0 saturated carbocycles. The third-order valence-corrected chi connectivity index (χ3v) is 3.39. The van der Waals surface area contributed by atoms with Crippen LogP contribution in [0.5, 0.6) is 0 Å². The lowest BCUT2D eigenvalue weighted by Gasteiger charge is -2.37. The van der Waals surface area contributed by atoms with Crippen LogP contribution in [0.3, 0.4) is 0 Å². The van der Waals surface area contributed by atoms with Gasteiger partial charge in [0.15, 0.2) is 0 Å². The Balaban J connectivity index is 2.57. The highest BCUT2D eigenvalue weighted by atomic mass is 32.2. The molecule has 19 heavy (non-hydrogen) atoms. The molecule has 1 amide bonds. The quantitative estimate of drug-likeness (QED) is 0.725. The average molecular weight is 293 g/mol. The first-order valence-electron chi connectivity index (χ1n) is 6.36. The summed E-state index contributed by atoms with van der Waals surface area (Å²) in [6.07, 6.45) is 1.31. The van der Waals surface area contributed by atoms with Crippen LogP contribution in [0.15, 0.2) is 0 Å². The fourth-order valence-corrected chi connectivity index (χ4v) is 2.72. The van der Waals surface area contributed by atoms with Crippen molar-refractivity contribution in [3.8, 4) is 0 Å². The summed E-state index contributed by atoms with van der Waals surface area (Å²) in [5, 5.41) is 0. The van der Waals surface area contributed by atoms with Crippen LogP contribution in [0, 0.1) is 0 Å². The molecule has 0 radical (unpaired) electrons. The summed E-state index contributed by atoms with van der Waals surface area (Å²) < 4.78 is 32.4. The van der Waals surface area contributed by atoms with Crippen LogP contribution < -0.4 is 0 Å². The topological polar surface area (TPSA) is 72.9 Å². The summed E-state index contributed by atoms with van der Waals surface area (Å²) in [6.45, 7) is 7.75. The van der Waals surface area contributed by atoms with Gasteiger partial charge in [-0.05, 0) is 40.5 Å². The van der Waals surface area contributed by atoms with Gasteiger partial charge in [0.1, 0.15) is 5.60 Å². The Labute approximate surface area is 115 Å². The molecular weight excluding hydrogens is 270 g/mol. The molecule has 0 unspecified atom stereocenters. The first kappa shape index (κ1) is 16.2. The zero-order chi connectivity index (χ0) is 14.8. The summed E-state index contributed by atoms with van der Waals surface area (Å²) in [6, 6.07) is -0.102. The van der Waals surface area contributed by atoms with Gasteiger partial charge in [-0.2, -0.15) is 8.42 Å². The molecule has 2 atom stereocenters. The van der Waals surface area contributed by atoms with Crippen LogP contribution >= 0.6 is 0 Å². The first-order valence-corrected chi connectivity index (χ1v) is 8.17. The molecule has 1 saturated heterocycles. The minimum absolute atomic E-state index is 0.102. The molecule has 7 heteroatoms. The second-order valence-corrected chi connectivity index (χ2v) is 7.57. The number of rotatable bonds is 2. The number of nitrogens with zero attached hydrogens (tertiary/aromatic N) is 1.